The molecule has 0 bridgehead atoms. The number of hydrogen-bond acceptors (Lipinski definition) is 2. The highest BCUT2D eigenvalue weighted by molar-refractivity contribution is 6.74. The monoisotopic (exact) mass is 353 g/mol. The van der Waals surface area contributed by atoms with Gasteiger partial charge < -0.3 is 4.43 Å². The Balaban J connectivity index is 1.71. The summed E-state index contributed by atoms with van der Waals surface area (Å²) in [6.45, 7) is 13.4. The van der Waals surface area contributed by atoms with Crippen LogP contribution < -0.4 is 0 Å². The lowest BCUT2D eigenvalue weighted by Crippen LogP contribution is -2.41. The molecule has 0 aromatic heterocycles. The maximum absolute atomic E-state index is 6.53. The minimum Gasteiger partial charge on any atom is -0.415 e. The van der Waals surface area contributed by atoms with Crippen LogP contribution in [0.5, 0.6) is 0 Å². The second kappa shape index (κ2) is 7.06. The second-order valence-electron chi connectivity index (χ2n) is 8.65. The predicted molar refractivity (Wildman–Crippen MR) is 108 cm³/mol. The van der Waals surface area contributed by atoms with Crippen molar-refractivity contribution in [3.63, 3.8) is 0 Å². The third-order valence-corrected chi connectivity index (χ3v) is 10.3. The third-order valence-electron chi connectivity index (χ3n) is 5.83. The highest BCUT2D eigenvalue weighted by Crippen LogP contribution is 2.46. The van der Waals surface area contributed by atoms with E-state index >= 15 is 0 Å². The van der Waals surface area contributed by atoms with Crippen LogP contribution in [-0.2, 0) is 11.0 Å². The lowest BCUT2D eigenvalue weighted by Gasteiger charge is -2.36. The molecule has 1 aliphatic rings. The molecule has 25 heavy (non-hydrogen) atoms. The molecule has 0 saturated carbocycles. The van der Waals surface area contributed by atoms with Crippen LogP contribution in [0.1, 0.15) is 37.9 Å². The molecule has 2 nitrogen and oxygen atoms in total. The van der Waals surface area contributed by atoms with Crippen LogP contribution in [0.25, 0.3) is 0 Å². The standard InChI is InChI=1S/C22H31NOSi/c1-22(2,3)25(4,5)24-17-20-21(19-14-10-7-11-15-19)23(20)16-18-12-8-6-9-13-18/h6-15,20-21H,16-17H2,1-5H3/t20-,21+,23?/m1/s1. The zero-order valence-electron chi connectivity index (χ0n) is 16.2. The highest BCUT2D eigenvalue weighted by atomic mass is 28.4. The van der Waals surface area contributed by atoms with Crippen LogP contribution >= 0.6 is 0 Å². The van der Waals surface area contributed by atoms with E-state index in [4.69, 9.17) is 4.43 Å². The Morgan fingerprint density at radius 2 is 1.48 bits per heavy atom. The summed E-state index contributed by atoms with van der Waals surface area (Å²) in [7, 11) is -1.71. The maximum Gasteiger partial charge on any atom is 0.192 e. The minimum absolute atomic E-state index is 0.258. The van der Waals surface area contributed by atoms with Gasteiger partial charge in [0.2, 0.25) is 0 Å². The van der Waals surface area contributed by atoms with Gasteiger partial charge in [-0.2, -0.15) is 0 Å². The van der Waals surface area contributed by atoms with Crippen LogP contribution in [0.15, 0.2) is 60.7 Å². The van der Waals surface area contributed by atoms with Gasteiger partial charge in [-0.25, -0.2) is 0 Å². The van der Waals surface area contributed by atoms with Crippen LogP contribution in [0.4, 0.5) is 0 Å². The fourth-order valence-corrected chi connectivity index (χ4v) is 4.12. The van der Waals surface area contributed by atoms with E-state index in [1.807, 2.05) is 0 Å². The first-order chi connectivity index (χ1) is 11.8. The van der Waals surface area contributed by atoms with Gasteiger partial charge in [0.25, 0.3) is 0 Å². The van der Waals surface area contributed by atoms with Gasteiger partial charge in [-0.05, 0) is 29.3 Å². The first-order valence-corrected chi connectivity index (χ1v) is 12.2. The first kappa shape index (κ1) is 18.4. The zero-order chi connectivity index (χ0) is 18.1. The van der Waals surface area contributed by atoms with Gasteiger partial charge in [0.15, 0.2) is 8.32 Å². The van der Waals surface area contributed by atoms with E-state index in [0.29, 0.717) is 12.1 Å². The van der Waals surface area contributed by atoms with Gasteiger partial charge in [0.05, 0.1) is 18.7 Å². The van der Waals surface area contributed by atoms with Gasteiger partial charge in [-0.1, -0.05) is 81.4 Å². The molecule has 0 spiro atoms. The highest BCUT2D eigenvalue weighted by Gasteiger charge is 2.49. The molecule has 1 aliphatic heterocycles. The van der Waals surface area contributed by atoms with E-state index in [1.165, 1.54) is 11.1 Å². The summed E-state index contributed by atoms with van der Waals surface area (Å²) in [4.78, 5) is 2.57. The Hall–Kier alpha value is -1.42. The molecule has 0 aliphatic carbocycles. The average Bonchev–Trinajstić information content (AvgIpc) is 3.26. The molecule has 2 aromatic carbocycles. The van der Waals surface area contributed by atoms with E-state index in [2.05, 4.69) is 99.4 Å². The quantitative estimate of drug-likeness (QED) is 0.492. The lowest BCUT2D eigenvalue weighted by molar-refractivity contribution is 0.268. The minimum atomic E-state index is -1.71. The number of hydrogen-bond donors (Lipinski definition) is 0. The molecule has 0 amide bonds. The summed E-state index contributed by atoms with van der Waals surface area (Å²) < 4.78 is 6.53. The molecule has 1 heterocycles. The van der Waals surface area contributed by atoms with Crippen LogP contribution in [0, 0.1) is 0 Å². The third kappa shape index (κ3) is 4.22. The molecule has 1 unspecified atom stereocenters. The van der Waals surface area contributed by atoms with Crippen molar-refractivity contribution in [2.45, 2.75) is 57.5 Å². The fraction of sp³-hybridized carbons (Fsp3) is 0.455. The summed E-state index contributed by atoms with van der Waals surface area (Å²) in [6.07, 6.45) is 0. The summed E-state index contributed by atoms with van der Waals surface area (Å²) in [6, 6.07) is 22.6. The molecule has 2 aromatic rings. The Kier molecular flexibility index (Phi) is 5.19. The summed E-state index contributed by atoms with van der Waals surface area (Å²) in [5.41, 5.74) is 2.78. The van der Waals surface area contributed by atoms with E-state index in [0.717, 1.165) is 13.2 Å². The van der Waals surface area contributed by atoms with Crippen molar-refractivity contribution in [2.24, 2.45) is 0 Å². The lowest BCUT2D eigenvalue weighted by atomic mass is 10.1. The van der Waals surface area contributed by atoms with Crippen molar-refractivity contribution in [2.75, 3.05) is 6.61 Å². The van der Waals surface area contributed by atoms with E-state index in [1.54, 1.807) is 0 Å². The van der Waals surface area contributed by atoms with Crippen LogP contribution in [-0.4, -0.2) is 25.9 Å². The molecule has 3 atom stereocenters. The Morgan fingerprint density at radius 1 is 0.920 bits per heavy atom. The van der Waals surface area contributed by atoms with Crippen molar-refractivity contribution in [1.29, 1.82) is 0 Å². The van der Waals surface area contributed by atoms with E-state index in [9.17, 15) is 0 Å². The van der Waals surface area contributed by atoms with Crippen molar-refractivity contribution >= 4 is 8.32 Å². The Labute approximate surface area is 154 Å². The topological polar surface area (TPSA) is 12.2 Å². The molecule has 1 fully saturated rings. The van der Waals surface area contributed by atoms with Crippen LogP contribution in [0.2, 0.25) is 18.1 Å². The van der Waals surface area contributed by atoms with Gasteiger partial charge in [0.1, 0.15) is 0 Å². The summed E-state index contributed by atoms with van der Waals surface area (Å²) in [5, 5.41) is 0.258. The first-order valence-electron chi connectivity index (χ1n) is 9.28. The molecule has 0 radical (unpaired) electrons. The smallest absolute Gasteiger partial charge is 0.192 e. The average molecular weight is 354 g/mol. The van der Waals surface area contributed by atoms with Gasteiger partial charge in [0, 0.05) is 6.54 Å². The summed E-state index contributed by atoms with van der Waals surface area (Å²) in [5.74, 6) is 0. The van der Waals surface area contributed by atoms with Crippen molar-refractivity contribution in [3.05, 3.63) is 71.8 Å². The van der Waals surface area contributed by atoms with E-state index < -0.39 is 8.32 Å². The van der Waals surface area contributed by atoms with Crippen LogP contribution in [0.3, 0.4) is 0 Å². The molecule has 0 N–H and O–H groups in total. The largest absolute Gasteiger partial charge is 0.415 e. The van der Waals surface area contributed by atoms with Crippen molar-refractivity contribution < 1.29 is 4.43 Å². The van der Waals surface area contributed by atoms with Gasteiger partial charge in [-0.3, -0.25) is 4.90 Å². The fourth-order valence-electron chi connectivity index (χ4n) is 3.10. The number of nitrogens with zero attached hydrogens (tertiary/aromatic N) is 1. The Bertz CT molecular complexity index is 678. The van der Waals surface area contributed by atoms with Gasteiger partial charge in [-0.15, -0.1) is 0 Å². The number of rotatable bonds is 6. The number of benzene rings is 2. The van der Waals surface area contributed by atoms with Crippen molar-refractivity contribution in [3.8, 4) is 0 Å². The van der Waals surface area contributed by atoms with Gasteiger partial charge >= 0.3 is 0 Å². The van der Waals surface area contributed by atoms with E-state index in [-0.39, 0.29) is 5.04 Å². The second-order valence-corrected chi connectivity index (χ2v) is 13.5. The normalized spacial score (nSPS) is 23.5. The SMILES string of the molecule is CC(C)(C)[Si](C)(C)OC[C@@H]1[C@H](c2ccccc2)N1Cc1ccccc1. The van der Waals surface area contributed by atoms with Crippen molar-refractivity contribution in [1.82, 2.24) is 4.90 Å². The molecule has 3 heteroatoms. The zero-order valence-corrected chi connectivity index (χ0v) is 17.2. The molecule has 1 saturated heterocycles. The molecule has 3 rings (SSSR count). The molecular formula is C22H31NOSi. The molecule has 134 valence electrons. The maximum atomic E-state index is 6.53. The Morgan fingerprint density at radius 3 is 2.04 bits per heavy atom. The predicted octanol–water partition coefficient (Wildman–Crippen LogP) is 5.63. The molecular weight excluding hydrogens is 322 g/mol. The summed E-state index contributed by atoms with van der Waals surface area (Å²) >= 11 is 0.